The highest BCUT2D eigenvalue weighted by molar-refractivity contribution is 6.30. The van der Waals surface area contributed by atoms with E-state index in [1.165, 1.54) is 0 Å². The smallest absolute Gasteiger partial charge is 0.242 e. The van der Waals surface area contributed by atoms with Crippen molar-refractivity contribution in [3.05, 3.63) is 83.5 Å². The first-order valence-electron chi connectivity index (χ1n) is 7.43. The van der Waals surface area contributed by atoms with Crippen LogP contribution >= 0.6 is 11.6 Å². The van der Waals surface area contributed by atoms with Crippen LogP contribution in [-0.4, -0.2) is 17.3 Å². The van der Waals surface area contributed by atoms with Crippen LogP contribution in [0.25, 0.3) is 0 Å². The highest BCUT2D eigenvalue weighted by atomic mass is 35.5. The molecule has 120 valence electrons. The van der Waals surface area contributed by atoms with Gasteiger partial charge in [-0.2, -0.15) is 0 Å². The number of nitrogens with one attached hydrogen (secondary N) is 1. The second-order valence-electron chi connectivity index (χ2n) is 5.05. The number of anilines is 1. The van der Waals surface area contributed by atoms with E-state index in [0.717, 1.165) is 0 Å². The van der Waals surface area contributed by atoms with E-state index in [0.29, 0.717) is 27.9 Å². The maximum Gasteiger partial charge on any atom is 0.242 e. The number of hydrogen-bond acceptors (Lipinski definition) is 4. The van der Waals surface area contributed by atoms with Crippen molar-refractivity contribution in [2.45, 2.75) is 0 Å². The van der Waals surface area contributed by atoms with Gasteiger partial charge in [0.25, 0.3) is 0 Å². The average Bonchev–Trinajstić information content (AvgIpc) is 2.63. The summed E-state index contributed by atoms with van der Waals surface area (Å²) in [5.74, 6) is 1.02. The average molecular weight is 339 g/mol. The van der Waals surface area contributed by atoms with Crippen molar-refractivity contribution in [2.75, 3.05) is 11.9 Å². The Morgan fingerprint density at radius 3 is 2.50 bits per heavy atom. The highest BCUT2D eigenvalue weighted by Crippen LogP contribution is 2.27. The minimum atomic E-state index is -0.00287. The van der Waals surface area contributed by atoms with E-state index in [-0.39, 0.29) is 12.3 Å². The second-order valence-corrected chi connectivity index (χ2v) is 5.49. The number of Topliss-reactive ketones (excluding diaryl/α,β-unsaturated/α-hetero) is 1. The lowest BCUT2D eigenvalue weighted by Gasteiger charge is -2.11. The summed E-state index contributed by atoms with van der Waals surface area (Å²) in [6, 6.07) is 19.7. The molecule has 0 aliphatic carbocycles. The van der Waals surface area contributed by atoms with E-state index in [9.17, 15) is 4.79 Å². The number of halogens is 1. The van der Waals surface area contributed by atoms with Gasteiger partial charge >= 0.3 is 0 Å². The van der Waals surface area contributed by atoms with Crippen molar-refractivity contribution in [3.8, 4) is 11.6 Å². The molecule has 3 aromatic rings. The zero-order valence-corrected chi connectivity index (χ0v) is 13.5. The summed E-state index contributed by atoms with van der Waals surface area (Å²) < 4.78 is 5.76. The number of pyridine rings is 1. The number of nitrogens with zero attached hydrogens (tertiary/aromatic N) is 1. The fraction of sp³-hybridized carbons (Fsp3) is 0.0526. The van der Waals surface area contributed by atoms with E-state index < -0.39 is 0 Å². The number of benzene rings is 2. The van der Waals surface area contributed by atoms with E-state index in [1.807, 2.05) is 24.3 Å². The molecule has 24 heavy (non-hydrogen) atoms. The Morgan fingerprint density at radius 1 is 1.00 bits per heavy atom. The molecule has 1 aromatic heterocycles. The number of rotatable bonds is 6. The van der Waals surface area contributed by atoms with Crippen LogP contribution in [0.1, 0.15) is 10.4 Å². The van der Waals surface area contributed by atoms with Crippen LogP contribution in [-0.2, 0) is 0 Å². The molecule has 4 nitrogen and oxygen atoms in total. The van der Waals surface area contributed by atoms with Gasteiger partial charge in [0, 0.05) is 16.8 Å². The fourth-order valence-corrected chi connectivity index (χ4v) is 2.25. The van der Waals surface area contributed by atoms with Gasteiger partial charge in [-0.25, -0.2) is 4.98 Å². The van der Waals surface area contributed by atoms with Gasteiger partial charge in [-0.15, -0.1) is 0 Å². The van der Waals surface area contributed by atoms with Gasteiger partial charge in [0.1, 0.15) is 5.75 Å². The standard InChI is InChI=1S/C19H15ClN2O2/c20-15-8-10-16(11-9-15)24-19-17(7-4-12-21-19)22-13-18(23)14-5-2-1-3-6-14/h1-12,22H,13H2. The Labute approximate surface area is 145 Å². The first-order chi connectivity index (χ1) is 11.7. The largest absolute Gasteiger partial charge is 0.437 e. The van der Waals surface area contributed by atoms with Gasteiger partial charge < -0.3 is 10.1 Å². The molecule has 1 N–H and O–H groups in total. The SMILES string of the molecule is O=C(CNc1cccnc1Oc1ccc(Cl)cc1)c1ccccc1. The highest BCUT2D eigenvalue weighted by Gasteiger charge is 2.09. The molecule has 0 bridgehead atoms. The third-order valence-corrected chi connectivity index (χ3v) is 3.59. The van der Waals surface area contributed by atoms with Crippen LogP contribution in [0.5, 0.6) is 11.6 Å². The van der Waals surface area contributed by atoms with Gasteiger partial charge in [-0.1, -0.05) is 41.9 Å². The van der Waals surface area contributed by atoms with Gasteiger partial charge in [-0.05, 0) is 36.4 Å². The Bertz CT molecular complexity index is 820. The van der Waals surface area contributed by atoms with Crippen molar-refractivity contribution in [1.82, 2.24) is 4.98 Å². The molecular weight excluding hydrogens is 324 g/mol. The van der Waals surface area contributed by atoms with Crippen molar-refractivity contribution < 1.29 is 9.53 Å². The van der Waals surface area contributed by atoms with Crippen LogP contribution in [0.4, 0.5) is 5.69 Å². The number of ketones is 1. The van der Waals surface area contributed by atoms with E-state index in [4.69, 9.17) is 16.3 Å². The Hall–Kier alpha value is -2.85. The Balaban J connectivity index is 1.70. The third-order valence-electron chi connectivity index (χ3n) is 3.33. The minimum absolute atomic E-state index is 0.00287. The molecule has 0 aliphatic rings. The van der Waals surface area contributed by atoms with E-state index >= 15 is 0 Å². The number of ether oxygens (including phenoxy) is 1. The summed E-state index contributed by atoms with van der Waals surface area (Å²) in [5.41, 5.74) is 1.31. The molecule has 0 unspecified atom stereocenters. The summed E-state index contributed by atoms with van der Waals surface area (Å²) in [6.45, 7) is 0.159. The summed E-state index contributed by atoms with van der Waals surface area (Å²) in [7, 11) is 0. The lowest BCUT2D eigenvalue weighted by atomic mass is 10.1. The number of hydrogen-bond donors (Lipinski definition) is 1. The Morgan fingerprint density at radius 2 is 1.75 bits per heavy atom. The van der Waals surface area contributed by atoms with Crippen molar-refractivity contribution in [1.29, 1.82) is 0 Å². The molecule has 0 spiro atoms. The fourth-order valence-electron chi connectivity index (χ4n) is 2.12. The van der Waals surface area contributed by atoms with Crippen molar-refractivity contribution >= 4 is 23.1 Å². The first-order valence-corrected chi connectivity index (χ1v) is 7.81. The topological polar surface area (TPSA) is 51.2 Å². The van der Waals surface area contributed by atoms with Crippen molar-refractivity contribution in [2.24, 2.45) is 0 Å². The first kappa shape index (κ1) is 16.0. The molecule has 2 aromatic carbocycles. The lowest BCUT2D eigenvalue weighted by molar-refractivity contribution is 0.101. The molecule has 0 aliphatic heterocycles. The molecule has 1 heterocycles. The Kier molecular flexibility index (Phi) is 5.08. The van der Waals surface area contributed by atoms with E-state index in [1.54, 1.807) is 48.7 Å². The summed E-state index contributed by atoms with van der Waals surface area (Å²) in [4.78, 5) is 16.4. The quantitative estimate of drug-likeness (QED) is 0.654. The summed E-state index contributed by atoms with van der Waals surface area (Å²) in [6.07, 6.45) is 1.63. The zero-order chi connectivity index (χ0) is 16.8. The van der Waals surface area contributed by atoms with Gasteiger partial charge in [0.05, 0.1) is 12.2 Å². The normalized spacial score (nSPS) is 10.2. The van der Waals surface area contributed by atoms with Crippen LogP contribution in [0.2, 0.25) is 5.02 Å². The predicted octanol–water partition coefficient (Wildman–Crippen LogP) is 4.82. The summed E-state index contributed by atoms with van der Waals surface area (Å²) >= 11 is 5.87. The molecular formula is C19H15ClN2O2. The molecule has 3 rings (SSSR count). The molecule has 5 heteroatoms. The van der Waals surface area contributed by atoms with Crippen LogP contribution in [0.15, 0.2) is 72.9 Å². The van der Waals surface area contributed by atoms with Gasteiger partial charge in [-0.3, -0.25) is 4.79 Å². The molecule has 0 saturated heterocycles. The maximum atomic E-state index is 12.2. The monoisotopic (exact) mass is 338 g/mol. The molecule has 0 amide bonds. The van der Waals surface area contributed by atoms with Crippen LogP contribution in [0.3, 0.4) is 0 Å². The number of carbonyl (C=O) groups is 1. The minimum Gasteiger partial charge on any atom is -0.437 e. The second kappa shape index (κ2) is 7.62. The van der Waals surface area contributed by atoms with Gasteiger partial charge in [0.2, 0.25) is 5.88 Å². The van der Waals surface area contributed by atoms with Crippen molar-refractivity contribution in [3.63, 3.8) is 0 Å². The van der Waals surface area contributed by atoms with Crippen LogP contribution < -0.4 is 10.1 Å². The van der Waals surface area contributed by atoms with Crippen LogP contribution in [0, 0.1) is 0 Å². The third kappa shape index (κ3) is 4.12. The maximum absolute atomic E-state index is 12.2. The van der Waals surface area contributed by atoms with E-state index in [2.05, 4.69) is 10.3 Å². The molecule has 0 fully saturated rings. The molecule has 0 radical (unpaired) electrons. The molecule has 0 saturated carbocycles. The van der Waals surface area contributed by atoms with Gasteiger partial charge in [0.15, 0.2) is 5.78 Å². The number of aromatic nitrogens is 1. The predicted molar refractivity (Wildman–Crippen MR) is 95.0 cm³/mol. The summed E-state index contributed by atoms with van der Waals surface area (Å²) in [5, 5.41) is 3.71. The lowest BCUT2D eigenvalue weighted by Crippen LogP contribution is -2.14. The zero-order valence-electron chi connectivity index (χ0n) is 12.8. The molecule has 0 atom stereocenters. The number of carbonyl (C=O) groups excluding carboxylic acids is 1.